The van der Waals surface area contributed by atoms with Crippen LogP contribution in [0.1, 0.15) is 64.7 Å². The van der Waals surface area contributed by atoms with Gasteiger partial charge in [-0.1, -0.05) is 43.2 Å². The Kier molecular flexibility index (Phi) is 10.9. The summed E-state index contributed by atoms with van der Waals surface area (Å²) in [6.45, 7) is 9.06. The van der Waals surface area contributed by atoms with Gasteiger partial charge >= 0.3 is 0 Å². The minimum absolute atomic E-state index is 0.0228. The molecule has 3 amide bonds. The number of rotatable bonds is 17. The maximum absolute atomic E-state index is 14.5. The Hall–Kier alpha value is -4.85. The molecule has 6 rings (SSSR count). The number of hydrogen-bond donors (Lipinski definition) is 3. The number of halogens is 2. The molecule has 0 radical (unpaired) electrons. The number of unbranched alkanes of at least 4 members (excludes halogenated alkanes) is 3. The van der Waals surface area contributed by atoms with Crippen LogP contribution in [0.15, 0.2) is 80.0 Å². The monoisotopic (exact) mass is 749 g/mol. The number of hydrogen-bond acceptors (Lipinski definition) is 8. The van der Waals surface area contributed by atoms with Crippen molar-refractivity contribution in [3.63, 3.8) is 0 Å². The maximum Gasteiger partial charge on any atom is 0.259 e. The Morgan fingerprint density at radius 3 is 2.55 bits per heavy atom. The van der Waals surface area contributed by atoms with Crippen molar-refractivity contribution in [2.45, 2.75) is 93.2 Å². The van der Waals surface area contributed by atoms with E-state index in [1.165, 1.54) is 17.0 Å². The first kappa shape index (κ1) is 37.9. The van der Waals surface area contributed by atoms with E-state index in [0.717, 1.165) is 42.2 Å². The molecule has 53 heavy (non-hydrogen) atoms. The van der Waals surface area contributed by atoms with E-state index < -0.39 is 73.8 Å². The number of nitrogens with one attached hydrogen (secondary N) is 3. The minimum atomic E-state index is -4.00. The van der Waals surface area contributed by atoms with Crippen LogP contribution in [0.2, 0.25) is 0 Å². The average molecular weight is 750 g/mol. The van der Waals surface area contributed by atoms with Gasteiger partial charge in [-0.2, -0.15) is 0 Å². The third-order valence-electron chi connectivity index (χ3n) is 10.6. The van der Waals surface area contributed by atoms with Crippen LogP contribution in [0.25, 0.3) is 10.8 Å². The van der Waals surface area contributed by atoms with Gasteiger partial charge in [0, 0.05) is 35.7 Å². The molecule has 3 fully saturated rings. The summed E-state index contributed by atoms with van der Waals surface area (Å²) >= 11 is 0. The third kappa shape index (κ3) is 8.07. The van der Waals surface area contributed by atoms with Crippen LogP contribution in [-0.2, 0) is 24.4 Å². The third-order valence-corrected chi connectivity index (χ3v) is 12.8. The van der Waals surface area contributed by atoms with E-state index in [-0.39, 0.29) is 25.1 Å². The molecule has 1 saturated heterocycles. The standard InChI is InChI=1S/C39H45F2N5O6S/c1-4-6-7-8-9-14-32(43-27-15-16-30(40)31(41)21-27)36(48)46-24-28(52-35-29-13-11-10-12-25(29)17-20-42-35)22-33(46)34(47)44-39(23-26(39)5-2)37(49)45-53(50,51)38(3)18-19-38/h4-5,10-13,15-17,20-21,26,28,32-33,43H,1-2,6-9,14,18-19,22-24H2,3H3,(H,44,47)(H,45,49)/t26-,28-,32+,33+,39-/m1/s1. The molecule has 2 heterocycles. The van der Waals surface area contributed by atoms with Crippen LogP contribution in [0.3, 0.4) is 0 Å². The number of fused-ring (bicyclic) bond motifs is 1. The molecule has 2 aliphatic carbocycles. The Morgan fingerprint density at radius 2 is 1.85 bits per heavy atom. The van der Waals surface area contributed by atoms with Crippen molar-refractivity contribution in [3.05, 3.63) is 91.7 Å². The lowest BCUT2D eigenvalue weighted by atomic mass is 10.0. The van der Waals surface area contributed by atoms with Crippen LogP contribution in [-0.4, -0.2) is 71.0 Å². The fraction of sp³-hybridized carbons (Fsp3) is 0.436. The zero-order valence-corrected chi connectivity index (χ0v) is 30.5. The van der Waals surface area contributed by atoms with Gasteiger partial charge in [0.2, 0.25) is 27.7 Å². The molecule has 2 aromatic carbocycles. The molecule has 3 N–H and O–H groups in total. The first-order chi connectivity index (χ1) is 25.3. The second-order valence-corrected chi connectivity index (χ2v) is 16.7. The molecular formula is C39H45F2N5O6S. The number of pyridine rings is 1. The van der Waals surface area contributed by atoms with Crippen LogP contribution in [0, 0.1) is 17.6 Å². The molecule has 1 aliphatic heterocycles. The summed E-state index contributed by atoms with van der Waals surface area (Å²) in [7, 11) is -4.00. The van der Waals surface area contributed by atoms with Crippen molar-refractivity contribution >= 4 is 44.2 Å². The Labute approximate surface area is 308 Å². The molecular weight excluding hydrogens is 705 g/mol. The van der Waals surface area contributed by atoms with Crippen LogP contribution < -0.4 is 20.1 Å². The maximum atomic E-state index is 14.5. The molecule has 3 aromatic rings. The SMILES string of the molecule is C=CCCCCC[C@H](Nc1ccc(F)c(F)c1)C(=O)N1C[C@H](Oc2nccc3ccccc23)C[C@H]1C(=O)N[C@]1(C(=O)NS(=O)(=O)C2(C)CC2)C[C@H]1C=C. The number of likely N-dealkylation sites (tertiary alicyclic amines) is 1. The average Bonchev–Trinajstić information content (AvgIpc) is 4.03. The molecule has 0 spiro atoms. The predicted molar refractivity (Wildman–Crippen MR) is 197 cm³/mol. The van der Waals surface area contributed by atoms with Crippen molar-refractivity contribution in [1.29, 1.82) is 0 Å². The normalized spacial score (nSPS) is 23.5. The highest BCUT2D eigenvalue weighted by atomic mass is 32.2. The van der Waals surface area contributed by atoms with Crippen molar-refractivity contribution < 1.29 is 36.3 Å². The summed E-state index contributed by atoms with van der Waals surface area (Å²) in [6, 6.07) is 10.6. The van der Waals surface area contributed by atoms with E-state index in [4.69, 9.17) is 4.74 Å². The highest BCUT2D eigenvalue weighted by molar-refractivity contribution is 7.91. The topological polar surface area (TPSA) is 147 Å². The highest BCUT2D eigenvalue weighted by Gasteiger charge is 2.63. The summed E-state index contributed by atoms with van der Waals surface area (Å²) < 4.78 is 61.5. The Bertz CT molecular complexity index is 2020. The first-order valence-electron chi connectivity index (χ1n) is 18.0. The molecule has 14 heteroatoms. The molecule has 0 bridgehead atoms. The number of amides is 3. The van der Waals surface area contributed by atoms with E-state index in [1.807, 2.05) is 36.4 Å². The molecule has 0 unspecified atom stereocenters. The van der Waals surface area contributed by atoms with Gasteiger partial charge in [0.05, 0.1) is 11.3 Å². The summed E-state index contributed by atoms with van der Waals surface area (Å²) in [4.78, 5) is 48.2. The summed E-state index contributed by atoms with van der Waals surface area (Å²) in [5.41, 5.74) is -1.38. The predicted octanol–water partition coefficient (Wildman–Crippen LogP) is 5.54. The molecule has 2 saturated carbocycles. The van der Waals surface area contributed by atoms with E-state index in [0.29, 0.717) is 31.6 Å². The number of aromatic nitrogens is 1. The number of carbonyl (C=O) groups excluding carboxylic acids is 3. The fourth-order valence-electron chi connectivity index (χ4n) is 6.90. The number of anilines is 1. The first-order valence-corrected chi connectivity index (χ1v) is 19.4. The van der Waals surface area contributed by atoms with Crippen molar-refractivity contribution in [3.8, 4) is 5.88 Å². The van der Waals surface area contributed by atoms with E-state index in [2.05, 4.69) is 33.5 Å². The van der Waals surface area contributed by atoms with E-state index in [1.54, 1.807) is 13.1 Å². The van der Waals surface area contributed by atoms with Gasteiger partial charge < -0.3 is 20.3 Å². The van der Waals surface area contributed by atoms with Gasteiger partial charge in [0.1, 0.15) is 23.7 Å². The highest BCUT2D eigenvalue weighted by Crippen LogP contribution is 2.47. The fourth-order valence-corrected chi connectivity index (χ4v) is 8.21. The Balaban J connectivity index is 1.28. The zero-order chi connectivity index (χ0) is 38.0. The smallest absolute Gasteiger partial charge is 0.259 e. The van der Waals surface area contributed by atoms with Gasteiger partial charge in [-0.25, -0.2) is 22.2 Å². The van der Waals surface area contributed by atoms with Gasteiger partial charge in [0.15, 0.2) is 11.6 Å². The lowest BCUT2D eigenvalue weighted by molar-refractivity contribution is -0.140. The van der Waals surface area contributed by atoms with Gasteiger partial charge in [0.25, 0.3) is 5.91 Å². The quantitative estimate of drug-likeness (QED) is 0.121. The minimum Gasteiger partial charge on any atom is -0.472 e. The number of carbonyl (C=O) groups is 3. The molecule has 5 atom stereocenters. The van der Waals surface area contributed by atoms with Crippen LogP contribution >= 0.6 is 0 Å². The number of allylic oxidation sites excluding steroid dienone is 1. The van der Waals surface area contributed by atoms with Gasteiger partial charge in [-0.05, 0) is 75.1 Å². The second-order valence-electron chi connectivity index (χ2n) is 14.5. The number of ether oxygens (including phenoxy) is 1. The summed E-state index contributed by atoms with van der Waals surface area (Å²) in [5.74, 6) is -4.32. The molecule has 3 aliphatic rings. The summed E-state index contributed by atoms with van der Waals surface area (Å²) in [5, 5.41) is 7.48. The second kappa shape index (κ2) is 15.2. The molecule has 1 aromatic heterocycles. The lowest BCUT2D eigenvalue weighted by Crippen LogP contribution is -2.58. The number of sulfonamides is 1. The van der Waals surface area contributed by atoms with E-state index in [9.17, 15) is 31.6 Å². The Morgan fingerprint density at radius 1 is 1.08 bits per heavy atom. The van der Waals surface area contributed by atoms with Gasteiger partial charge in [-0.15, -0.1) is 13.2 Å². The zero-order valence-electron chi connectivity index (χ0n) is 29.7. The van der Waals surface area contributed by atoms with Gasteiger partial charge in [-0.3, -0.25) is 19.1 Å². The van der Waals surface area contributed by atoms with Crippen molar-refractivity contribution in [2.24, 2.45) is 5.92 Å². The molecule has 282 valence electrons. The van der Waals surface area contributed by atoms with E-state index >= 15 is 0 Å². The van der Waals surface area contributed by atoms with Crippen LogP contribution in [0.4, 0.5) is 14.5 Å². The van der Waals surface area contributed by atoms with Crippen molar-refractivity contribution in [2.75, 3.05) is 11.9 Å². The van der Waals surface area contributed by atoms with Crippen molar-refractivity contribution in [1.82, 2.24) is 19.9 Å². The number of benzene rings is 2. The molecule has 11 nitrogen and oxygen atoms in total. The largest absolute Gasteiger partial charge is 0.472 e. The van der Waals surface area contributed by atoms with Crippen LogP contribution in [0.5, 0.6) is 5.88 Å². The summed E-state index contributed by atoms with van der Waals surface area (Å²) in [6.07, 6.45) is 8.57. The lowest BCUT2D eigenvalue weighted by Gasteiger charge is -2.30. The number of nitrogens with zero attached hydrogens (tertiary/aromatic N) is 2.